The number of hydrogen-bond acceptors (Lipinski definition) is 5. The van der Waals surface area contributed by atoms with E-state index in [1.807, 2.05) is 0 Å². The maximum Gasteiger partial charge on any atom is 0.310 e. The fraction of sp³-hybridized carbons (Fsp3) is 0.500. The smallest absolute Gasteiger partial charge is 0.310 e. The van der Waals surface area contributed by atoms with Gasteiger partial charge in [0.05, 0.1) is 11.9 Å². The minimum atomic E-state index is -10.0. The molecule has 2 aliphatic heterocycles. The molecule has 33 heavy (non-hydrogen) atoms. The van der Waals surface area contributed by atoms with E-state index in [0.29, 0.717) is 12.5 Å². The fourth-order valence-electron chi connectivity index (χ4n) is 4.80. The molecule has 2 aromatic rings. The first-order valence-electron chi connectivity index (χ1n) is 10.4. The minimum absolute atomic E-state index is 0.0301. The second kappa shape index (κ2) is 7.11. The van der Waals surface area contributed by atoms with Crippen LogP contribution in [0.2, 0.25) is 0 Å². The van der Waals surface area contributed by atoms with Crippen LogP contribution in [0.5, 0.6) is 0 Å². The zero-order valence-corrected chi connectivity index (χ0v) is 18.7. The SMILES string of the molecule is CC1(C)C[C@@H](Nc2nc(Nc3cc(S(F)(F)(F)(F)F)ccc3F)ncc2F)C[C@H]2CCCN21. The highest BCUT2D eigenvalue weighted by Crippen LogP contribution is 3.02. The average Bonchev–Trinajstić information content (AvgIpc) is 3.13. The summed E-state index contributed by atoms with van der Waals surface area (Å²) in [7, 11) is -10.0. The Bertz CT molecular complexity index is 1080. The molecule has 2 saturated heterocycles. The van der Waals surface area contributed by atoms with Gasteiger partial charge in [-0.15, -0.1) is 0 Å². The molecule has 0 radical (unpaired) electrons. The maximum atomic E-state index is 14.4. The van der Waals surface area contributed by atoms with Crippen molar-refractivity contribution in [2.24, 2.45) is 0 Å². The van der Waals surface area contributed by atoms with Gasteiger partial charge < -0.3 is 10.6 Å². The molecule has 2 atom stereocenters. The summed E-state index contributed by atoms with van der Waals surface area (Å²) in [6.45, 7) is 5.22. The van der Waals surface area contributed by atoms with Crippen LogP contribution in [0.4, 0.5) is 45.7 Å². The molecule has 0 unspecified atom stereocenters. The third kappa shape index (κ3) is 5.13. The summed E-state index contributed by atoms with van der Waals surface area (Å²) >= 11 is 0. The zero-order chi connectivity index (χ0) is 24.3. The van der Waals surface area contributed by atoms with Gasteiger partial charge in [0, 0.05) is 17.6 Å². The minimum Gasteiger partial charge on any atom is -0.365 e. The first-order chi connectivity index (χ1) is 15.0. The Labute approximate surface area is 186 Å². The third-order valence-corrected chi connectivity index (χ3v) is 7.32. The van der Waals surface area contributed by atoms with E-state index in [2.05, 4.69) is 39.3 Å². The summed E-state index contributed by atoms with van der Waals surface area (Å²) in [6.07, 6.45) is 4.36. The summed E-state index contributed by atoms with van der Waals surface area (Å²) in [5, 5.41) is 5.18. The van der Waals surface area contributed by atoms with Crippen molar-refractivity contribution in [3.63, 3.8) is 0 Å². The van der Waals surface area contributed by atoms with E-state index in [4.69, 9.17) is 0 Å². The number of nitrogens with one attached hydrogen (secondary N) is 2. The second-order valence-corrected chi connectivity index (χ2v) is 11.6. The molecule has 13 heteroatoms. The van der Waals surface area contributed by atoms with Crippen molar-refractivity contribution >= 4 is 27.7 Å². The lowest BCUT2D eigenvalue weighted by atomic mass is 9.84. The molecule has 4 rings (SSSR count). The van der Waals surface area contributed by atoms with Crippen LogP contribution in [0.3, 0.4) is 0 Å². The number of piperidine rings is 1. The lowest BCUT2D eigenvalue weighted by Crippen LogP contribution is -2.55. The van der Waals surface area contributed by atoms with Crippen molar-refractivity contribution < 1.29 is 28.2 Å². The number of benzene rings is 1. The summed E-state index contributed by atoms with van der Waals surface area (Å²) in [6, 6.07) is 0.421. The summed E-state index contributed by atoms with van der Waals surface area (Å²) in [5.41, 5.74) is -1.02. The van der Waals surface area contributed by atoms with Gasteiger partial charge in [-0.1, -0.05) is 19.4 Å². The van der Waals surface area contributed by atoms with Gasteiger partial charge in [0.2, 0.25) is 5.95 Å². The van der Waals surface area contributed by atoms with E-state index >= 15 is 0 Å². The maximum absolute atomic E-state index is 14.4. The molecule has 3 heterocycles. The molecule has 0 spiro atoms. The number of halogens is 7. The molecule has 2 N–H and O–H groups in total. The first-order valence-corrected chi connectivity index (χ1v) is 12.3. The van der Waals surface area contributed by atoms with Gasteiger partial charge in [-0.3, -0.25) is 4.90 Å². The van der Waals surface area contributed by atoms with Crippen molar-refractivity contribution in [1.29, 1.82) is 0 Å². The number of aromatic nitrogens is 2. The molecule has 184 valence electrons. The summed E-state index contributed by atoms with van der Waals surface area (Å²) < 4.78 is 93.9. The number of hydrogen-bond donors (Lipinski definition) is 2. The van der Waals surface area contributed by atoms with Crippen LogP contribution in [0.15, 0.2) is 29.3 Å². The molecule has 0 amide bonds. The monoisotopic (exact) mass is 499 g/mol. The molecule has 0 bridgehead atoms. The molecule has 1 aromatic carbocycles. The molecular formula is C20H24F7N5S. The van der Waals surface area contributed by atoms with Crippen molar-refractivity contribution in [1.82, 2.24) is 14.9 Å². The predicted octanol–water partition coefficient (Wildman–Crippen LogP) is 6.97. The van der Waals surface area contributed by atoms with Gasteiger partial charge in [-0.05, 0) is 64.3 Å². The standard InChI is InChI=1S/C20H24F7N5S/c1-20(2)10-12(8-13-4-3-7-32(13)20)29-18-16(22)11-28-19(31-18)30-17-9-14(5-6-15(17)21)33(23,24,25,26)27/h5-6,9,11-13H,3-4,7-8,10H2,1-2H3,(H2,28,29,30,31)/t12-,13+/m0/s1. The van der Waals surface area contributed by atoms with E-state index in [-0.39, 0.29) is 35.6 Å². The molecule has 1 aromatic heterocycles. The fourth-order valence-corrected chi connectivity index (χ4v) is 5.47. The number of fused-ring (bicyclic) bond motifs is 1. The van der Waals surface area contributed by atoms with Crippen molar-refractivity contribution in [2.45, 2.75) is 62.0 Å². The van der Waals surface area contributed by atoms with Crippen LogP contribution in [-0.4, -0.2) is 39.0 Å². The zero-order valence-electron chi connectivity index (χ0n) is 17.9. The van der Waals surface area contributed by atoms with Gasteiger partial charge in [-0.2, -0.15) is 4.98 Å². The summed E-state index contributed by atoms with van der Waals surface area (Å²) in [4.78, 5) is 7.69. The van der Waals surface area contributed by atoms with Gasteiger partial charge in [0.15, 0.2) is 11.6 Å². The number of nitrogens with zero attached hydrogens (tertiary/aromatic N) is 3. The largest absolute Gasteiger partial charge is 0.365 e. The molecule has 0 aliphatic carbocycles. The quantitative estimate of drug-likeness (QED) is 0.435. The Morgan fingerprint density at radius 3 is 2.52 bits per heavy atom. The Hall–Kier alpha value is -2.28. The average molecular weight is 500 g/mol. The summed E-state index contributed by atoms with van der Waals surface area (Å²) in [5.74, 6) is -2.66. The van der Waals surface area contributed by atoms with Crippen LogP contribution in [0.25, 0.3) is 0 Å². The Kier molecular flexibility index (Phi) is 5.14. The van der Waals surface area contributed by atoms with Gasteiger partial charge in [0.25, 0.3) is 0 Å². The van der Waals surface area contributed by atoms with Crippen LogP contribution in [0.1, 0.15) is 39.5 Å². The van der Waals surface area contributed by atoms with Gasteiger partial charge in [0.1, 0.15) is 10.7 Å². The van der Waals surface area contributed by atoms with Gasteiger partial charge in [-0.25, -0.2) is 13.8 Å². The Morgan fingerprint density at radius 2 is 1.82 bits per heavy atom. The van der Waals surface area contributed by atoms with Crippen LogP contribution < -0.4 is 10.6 Å². The molecule has 2 fully saturated rings. The molecule has 5 nitrogen and oxygen atoms in total. The first kappa shape index (κ1) is 23.9. The van der Waals surface area contributed by atoms with Crippen molar-refractivity contribution in [3.8, 4) is 0 Å². The highest BCUT2D eigenvalue weighted by Gasteiger charge is 2.65. The highest BCUT2D eigenvalue weighted by molar-refractivity contribution is 8.45. The third-order valence-electron chi connectivity index (χ3n) is 6.17. The number of anilines is 3. The van der Waals surface area contributed by atoms with E-state index in [9.17, 15) is 28.2 Å². The highest BCUT2D eigenvalue weighted by atomic mass is 32.5. The van der Waals surface area contributed by atoms with Crippen molar-refractivity contribution in [3.05, 3.63) is 36.0 Å². The molecular weight excluding hydrogens is 475 g/mol. The van der Waals surface area contributed by atoms with Crippen LogP contribution >= 0.6 is 10.2 Å². The van der Waals surface area contributed by atoms with Crippen LogP contribution in [-0.2, 0) is 0 Å². The Balaban J connectivity index is 1.56. The van der Waals surface area contributed by atoms with E-state index in [1.54, 1.807) is 0 Å². The lowest BCUT2D eigenvalue weighted by Gasteiger charge is -2.47. The normalized spacial score (nSPS) is 25.1. The molecule has 0 saturated carbocycles. The van der Waals surface area contributed by atoms with Crippen LogP contribution in [0, 0.1) is 11.6 Å². The Morgan fingerprint density at radius 1 is 1.09 bits per heavy atom. The topological polar surface area (TPSA) is 53.1 Å². The molecule has 2 aliphatic rings. The van der Waals surface area contributed by atoms with Gasteiger partial charge >= 0.3 is 10.2 Å². The van der Waals surface area contributed by atoms with E-state index in [0.717, 1.165) is 32.0 Å². The second-order valence-electron chi connectivity index (χ2n) is 9.21. The van der Waals surface area contributed by atoms with Crippen molar-refractivity contribution in [2.75, 3.05) is 17.2 Å². The predicted molar refractivity (Wildman–Crippen MR) is 114 cm³/mol. The number of rotatable bonds is 5. The van der Waals surface area contributed by atoms with E-state index in [1.165, 1.54) is 0 Å². The van der Waals surface area contributed by atoms with E-state index < -0.39 is 38.4 Å². The lowest BCUT2D eigenvalue weighted by molar-refractivity contribution is 0.0500.